The summed E-state index contributed by atoms with van der Waals surface area (Å²) in [4.78, 5) is 26.4. The third-order valence-electron chi connectivity index (χ3n) is 3.96. The maximum atomic E-state index is 13.0. The Kier molecular flexibility index (Phi) is 7.72. The molecule has 0 heterocycles. The summed E-state index contributed by atoms with van der Waals surface area (Å²) in [6, 6.07) is 5.58. The van der Waals surface area contributed by atoms with Crippen molar-refractivity contribution in [3.8, 4) is 0 Å². The lowest BCUT2D eigenvalue weighted by Crippen LogP contribution is -2.50. The van der Waals surface area contributed by atoms with E-state index in [-0.39, 0.29) is 23.7 Å². The molecule has 0 saturated heterocycles. The number of carbonyl (C=O) groups is 2. The second-order valence-corrected chi connectivity index (χ2v) is 5.74. The minimum Gasteiger partial charge on any atom is -0.352 e. The molecule has 5 heteroatoms. The van der Waals surface area contributed by atoms with Crippen LogP contribution in [0.2, 0.25) is 0 Å². The van der Waals surface area contributed by atoms with Crippen LogP contribution in [0.1, 0.15) is 52.5 Å². The van der Waals surface area contributed by atoms with Crippen LogP contribution < -0.4 is 5.32 Å². The van der Waals surface area contributed by atoms with Crippen molar-refractivity contribution >= 4 is 11.8 Å². The number of halogens is 1. The number of nitrogens with zero attached hydrogens (tertiary/aromatic N) is 1. The molecule has 0 saturated carbocycles. The molecule has 1 aromatic rings. The molecule has 0 spiro atoms. The van der Waals surface area contributed by atoms with Crippen LogP contribution in [0.3, 0.4) is 0 Å². The number of rotatable bonds is 8. The highest BCUT2D eigenvalue weighted by atomic mass is 19.1. The molecule has 0 aliphatic rings. The molecule has 1 aromatic carbocycles. The summed E-state index contributed by atoms with van der Waals surface area (Å²) < 4.78 is 13.0. The molecule has 0 aliphatic heterocycles. The Labute approximate surface area is 138 Å². The van der Waals surface area contributed by atoms with Crippen molar-refractivity contribution in [3.63, 3.8) is 0 Å². The summed E-state index contributed by atoms with van der Waals surface area (Å²) in [6.45, 7) is 7.91. The van der Waals surface area contributed by atoms with Gasteiger partial charge in [0.05, 0.1) is 0 Å². The minimum atomic E-state index is -0.512. The molecule has 0 bridgehead atoms. The van der Waals surface area contributed by atoms with E-state index in [9.17, 15) is 14.0 Å². The zero-order valence-electron chi connectivity index (χ0n) is 14.4. The first-order valence-corrected chi connectivity index (χ1v) is 8.27. The van der Waals surface area contributed by atoms with Crippen molar-refractivity contribution in [1.29, 1.82) is 0 Å². The molecule has 0 aliphatic carbocycles. The molecule has 4 nitrogen and oxygen atoms in total. The van der Waals surface area contributed by atoms with E-state index in [1.165, 1.54) is 12.1 Å². The van der Waals surface area contributed by atoms with Gasteiger partial charge in [-0.25, -0.2) is 4.39 Å². The second-order valence-electron chi connectivity index (χ2n) is 5.74. The van der Waals surface area contributed by atoms with Gasteiger partial charge in [0, 0.05) is 19.0 Å². The van der Waals surface area contributed by atoms with E-state index in [2.05, 4.69) is 5.32 Å². The standard InChI is InChI=1S/C18H27FN2O2/c1-5-13(4)20-18(23)16(6-2)21(17(22)7-3)12-14-8-10-15(19)11-9-14/h8-11,13,16H,5-7,12H2,1-4H3,(H,20,23)/t13-,16-/m1/s1. The van der Waals surface area contributed by atoms with Crippen LogP contribution in [0.5, 0.6) is 0 Å². The number of benzene rings is 1. The molecule has 128 valence electrons. The van der Waals surface area contributed by atoms with Crippen molar-refractivity contribution < 1.29 is 14.0 Å². The molecular formula is C18H27FN2O2. The van der Waals surface area contributed by atoms with Gasteiger partial charge in [-0.2, -0.15) is 0 Å². The van der Waals surface area contributed by atoms with Crippen LogP contribution >= 0.6 is 0 Å². The molecule has 0 aromatic heterocycles. The monoisotopic (exact) mass is 322 g/mol. The lowest BCUT2D eigenvalue weighted by molar-refractivity contribution is -0.141. The van der Waals surface area contributed by atoms with Crippen LogP contribution in [0.15, 0.2) is 24.3 Å². The summed E-state index contributed by atoms with van der Waals surface area (Å²) in [6.07, 6.45) is 1.70. The summed E-state index contributed by atoms with van der Waals surface area (Å²) in [5, 5.41) is 2.94. The largest absolute Gasteiger partial charge is 0.352 e. The Balaban J connectivity index is 2.95. The molecule has 1 N–H and O–H groups in total. The van der Waals surface area contributed by atoms with E-state index in [4.69, 9.17) is 0 Å². The maximum Gasteiger partial charge on any atom is 0.243 e. The number of hydrogen-bond donors (Lipinski definition) is 1. The maximum absolute atomic E-state index is 13.0. The Bertz CT molecular complexity index is 516. The molecular weight excluding hydrogens is 295 g/mol. The van der Waals surface area contributed by atoms with Gasteiger partial charge in [-0.3, -0.25) is 9.59 Å². The van der Waals surface area contributed by atoms with Gasteiger partial charge in [0.25, 0.3) is 0 Å². The topological polar surface area (TPSA) is 49.4 Å². The SMILES string of the molecule is CCC(=O)N(Cc1ccc(F)cc1)[C@H](CC)C(=O)N[C@H](C)CC. The Morgan fingerprint density at radius 3 is 2.22 bits per heavy atom. The fourth-order valence-electron chi connectivity index (χ4n) is 2.35. The smallest absolute Gasteiger partial charge is 0.243 e. The number of hydrogen-bond acceptors (Lipinski definition) is 2. The lowest BCUT2D eigenvalue weighted by atomic mass is 10.1. The van der Waals surface area contributed by atoms with Crippen LogP contribution in [-0.4, -0.2) is 28.8 Å². The zero-order chi connectivity index (χ0) is 17.4. The van der Waals surface area contributed by atoms with Crippen LogP contribution in [0.4, 0.5) is 4.39 Å². The Morgan fingerprint density at radius 2 is 1.74 bits per heavy atom. The van der Waals surface area contributed by atoms with Gasteiger partial charge in [-0.15, -0.1) is 0 Å². The predicted molar refractivity (Wildman–Crippen MR) is 89.2 cm³/mol. The van der Waals surface area contributed by atoms with E-state index in [1.54, 1.807) is 24.0 Å². The second kappa shape index (κ2) is 9.28. The van der Waals surface area contributed by atoms with Crippen LogP contribution in [0.25, 0.3) is 0 Å². The molecule has 2 amide bonds. The lowest BCUT2D eigenvalue weighted by Gasteiger charge is -2.31. The van der Waals surface area contributed by atoms with Crippen molar-refractivity contribution in [2.24, 2.45) is 0 Å². The first kappa shape index (κ1) is 19.1. The highest BCUT2D eigenvalue weighted by Crippen LogP contribution is 2.14. The van der Waals surface area contributed by atoms with Crippen molar-refractivity contribution in [1.82, 2.24) is 10.2 Å². The highest BCUT2D eigenvalue weighted by molar-refractivity contribution is 5.87. The average Bonchev–Trinajstić information content (AvgIpc) is 2.55. The summed E-state index contributed by atoms with van der Waals surface area (Å²) >= 11 is 0. The molecule has 23 heavy (non-hydrogen) atoms. The normalized spacial score (nSPS) is 13.3. The molecule has 0 fully saturated rings. The Morgan fingerprint density at radius 1 is 1.13 bits per heavy atom. The number of carbonyl (C=O) groups excluding carboxylic acids is 2. The third kappa shape index (κ3) is 5.66. The summed E-state index contributed by atoms with van der Waals surface area (Å²) in [7, 11) is 0. The third-order valence-corrected chi connectivity index (χ3v) is 3.96. The van der Waals surface area contributed by atoms with Gasteiger partial charge in [0.15, 0.2) is 0 Å². The van der Waals surface area contributed by atoms with E-state index < -0.39 is 6.04 Å². The van der Waals surface area contributed by atoms with Gasteiger partial charge in [-0.05, 0) is 37.5 Å². The minimum absolute atomic E-state index is 0.0703. The summed E-state index contributed by atoms with van der Waals surface area (Å²) in [5.41, 5.74) is 0.808. The quantitative estimate of drug-likeness (QED) is 0.798. The van der Waals surface area contributed by atoms with Crippen molar-refractivity contribution in [2.45, 2.75) is 65.6 Å². The van der Waals surface area contributed by atoms with E-state index in [0.29, 0.717) is 19.4 Å². The fourth-order valence-corrected chi connectivity index (χ4v) is 2.35. The van der Waals surface area contributed by atoms with E-state index in [1.807, 2.05) is 20.8 Å². The van der Waals surface area contributed by atoms with Gasteiger partial charge < -0.3 is 10.2 Å². The van der Waals surface area contributed by atoms with Crippen molar-refractivity contribution in [3.05, 3.63) is 35.6 Å². The van der Waals surface area contributed by atoms with Crippen LogP contribution in [0, 0.1) is 5.82 Å². The van der Waals surface area contributed by atoms with Crippen LogP contribution in [-0.2, 0) is 16.1 Å². The number of amides is 2. The van der Waals surface area contributed by atoms with Gasteiger partial charge in [0.1, 0.15) is 11.9 Å². The van der Waals surface area contributed by atoms with E-state index >= 15 is 0 Å². The van der Waals surface area contributed by atoms with E-state index in [0.717, 1.165) is 12.0 Å². The number of nitrogens with one attached hydrogen (secondary N) is 1. The molecule has 2 atom stereocenters. The van der Waals surface area contributed by atoms with Gasteiger partial charge >= 0.3 is 0 Å². The fraction of sp³-hybridized carbons (Fsp3) is 0.556. The summed E-state index contributed by atoms with van der Waals surface area (Å²) in [5.74, 6) is -0.532. The zero-order valence-corrected chi connectivity index (χ0v) is 14.4. The van der Waals surface area contributed by atoms with Gasteiger partial charge in [0.2, 0.25) is 11.8 Å². The Hall–Kier alpha value is -1.91. The molecule has 0 unspecified atom stereocenters. The average molecular weight is 322 g/mol. The predicted octanol–water partition coefficient (Wildman–Crippen LogP) is 3.26. The highest BCUT2D eigenvalue weighted by Gasteiger charge is 2.28. The molecule has 0 radical (unpaired) electrons. The van der Waals surface area contributed by atoms with Crippen molar-refractivity contribution in [2.75, 3.05) is 0 Å². The first-order valence-electron chi connectivity index (χ1n) is 8.27. The van der Waals surface area contributed by atoms with Gasteiger partial charge in [-0.1, -0.05) is 32.9 Å². The molecule has 1 rings (SSSR count). The first-order chi connectivity index (χ1) is 10.9.